The highest BCUT2D eigenvalue weighted by molar-refractivity contribution is 5.83. The number of rotatable bonds is 3. The van der Waals surface area contributed by atoms with E-state index in [9.17, 15) is 10.2 Å². The smallest absolute Gasteiger partial charge is 0.124 e. The standard InChI is InChI=1S/C27H39NO2/c1-25-14-6-5-8-20(25)10-11-21-22(25)12-15-26(2)23(21)13-16-27(26,30)18-28-17-19-7-3-4-9-24(19)29/h3-4,7,9,17,20-23,29-30H,5-6,8,10-16,18H2,1-2H3/t20-,21-,22-,23+,25-,26-,27-/m0/s1. The lowest BCUT2D eigenvalue weighted by molar-refractivity contribution is -0.147. The van der Waals surface area contributed by atoms with Crippen molar-refractivity contribution in [3.05, 3.63) is 29.8 Å². The van der Waals surface area contributed by atoms with E-state index in [1.54, 1.807) is 12.3 Å². The zero-order valence-electron chi connectivity index (χ0n) is 18.8. The number of phenolic OH excluding ortho intramolecular Hbond substituents is 1. The van der Waals surface area contributed by atoms with Crippen molar-refractivity contribution in [2.24, 2.45) is 39.5 Å². The van der Waals surface area contributed by atoms with Gasteiger partial charge in [0.15, 0.2) is 0 Å². The third-order valence-corrected chi connectivity index (χ3v) is 10.4. The molecular formula is C27H39NO2. The highest BCUT2D eigenvalue weighted by atomic mass is 16.3. The lowest BCUT2D eigenvalue weighted by Crippen LogP contribution is -2.56. The number of hydrogen-bond donors (Lipinski definition) is 2. The maximum Gasteiger partial charge on any atom is 0.124 e. The van der Waals surface area contributed by atoms with Crippen molar-refractivity contribution in [1.82, 2.24) is 0 Å². The van der Waals surface area contributed by atoms with Crippen LogP contribution in [0.4, 0.5) is 0 Å². The lowest BCUT2D eigenvalue weighted by Gasteiger charge is -2.61. The molecule has 30 heavy (non-hydrogen) atoms. The topological polar surface area (TPSA) is 52.8 Å². The van der Waals surface area contributed by atoms with Crippen LogP contribution in [0.2, 0.25) is 0 Å². The van der Waals surface area contributed by atoms with E-state index in [1.807, 2.05) is 18.2 Å². The summed E-state index contributed by atoms with van der Waals surface area (Å²) in [6, 6.07) is 7.29. The van der Waals surface area contributed by atoms with E-state index in [-0.39, 0.29) is 11.2 Å². The maximum atomic E-state index is 11.8. The van der Waals surface area contributed by atoms with Crippen molar-refractivity contribution in [2.75, 3.05) is 6.54 Å². The number of nitrogens with zero attached hydrogens (tertiary/aromatic N) is 1. The fourth-order valence-electron chi connectivity index (χ4n) is 8.56. The highest BCUT2D eigenvalue weighted by Crippen LogP contribution is 2.68. The molecule has 3 nitrogen and oxygen atoms in total. The summed E-state index contributed by atoms with van der Waals surface area (Å²) in [5, 5.41) is 21.8. The second-order valence-electron chi connectivity index (χ2n) is 11.5. The molecule has 0 bridgehead atoms. The first-order valence-electron chi connectivity index (χ1n) is 12.4. The van der Waals surface area contributed by atoms with E-state index in [2.05, 4.69) is 18.8 Å². The quantitative estimate of drug-likeness (QED) is 0.604. The molecule has 4 aliphatic carbocycles. The zero-order chi connectivity index (χ0) is 21.0. The summed E-state index contributed by atoms with van der Waals surface area (Å²) in [6.45, 7) is 5.44. The molecule has 0 heterocycles. The minimum atomic E-state index is -0.714. The number of fused-ring (bicyclic) bond motifs is 5. The van der Waals surface area contributed by atoms with E-state index < -0.39 is 5.60 Å². The van der Waals surface area contributed by atoms with E-state index in [1.165, 1.54) is 44.9 Å². The fraction of sp³-hybridized carbons (Fsp3) is 0.741. The molecule has 4 aliphatic rings. The van der Waals surface area contributed by atoms with Crippen LogP contribution in [0.5, 0.6) is 5.75 Å². The number of benzene rings is 1. The Morgan fingerprint density at radius 3 is 2.60 bits per heavy atom. The molecule has 0 aromatic heterocycles. The molecular weight excluding hydrogens is 370 g/mol. The average molecular weight is 410 g/mol. The Morgan fingerprint density at radius 1 is 0.967 bits per heavy atom. The Morgan fingerprint density at radius 2 is 1.77 bits per heavy atom. The molecule has 1 aromatic rings. The Bertz CT molecular complexity index is 821. The van der Waals surface area contributed by atoms with Gasteiger partial charge >= 0.3 is 0 Å². The molecule has 0 aliphatic heterocycles. The number of para-hydroxylation sites is 1. The Kier molecular flexibility index (Phi) is 5.04. The van der Waals surface area contributed by atoms with E-state index in [0.717, 1.165) is 42.6 Å². The van der Waals surface area contributed by atoms with Gasteiger partial charge in [0.25, 0.3) is 0 Å². The molecule has 3 heteroatoms. The number of aliphatic imine (C=N–C) groups is 1. The molecule has 0 radical (unpaired) electrons. The number of aromatic hydroxyl groups is 1. The third kappa shape index (κ3) is 2.98. The van der Waals surface area contributed by atoms with Crippen molar-refractivity contribution in [3.8, 4) is 5.75 Å². The van der Waals surface area contributed by atoms with Crippen LogP contribution in [-0.2, 0) is 0 Å². The van der Waals surface area contributed by atoms with Gasteiger partial charge in [0, 0.05) is 17.2 Å². The number of aliphatic hydroxyl groups is 1. The Balaban J connectivity index is 1.35. The average Bonchev–Trinajstić information content (AvgIpc) is 3.00. The minimum absolute atomic E-state index is 0.0257. The van der Waals surface area contributed by atoms with Gasteiger partial charge in [-0.05, 0) is 92.6 Å². The van der Waals surface area contributed by atoms with Crippen LogP contribution in [0.15, 0.2) is 29.3 Å². The molecule has 5 rings (SSSR count). The van der Waals surface area contributed by atoms with Crippen molar-refractivity contribution in [2.45, 2.75) is 83.7 Å². The molecule has 1 aromatic carbocycles. The van der Waals surface area contributed by atoms with Crippen molar-refractivity contribution in [3.63, 3.8) is 0 Å². The first kappa shape index (κ1) is 20.5. The van der Waals surface area contributed by atoms with Gasteiger partial charge in [0.1, 0.15) is 5.75 Å². The van der Waals surface area contributed by atoms with Crippen LogP contribution < -0.4 is 0 Å². The first-order valence-corrected chi connectivity index (χ1v) is 12.4. The normalized spacial score (nSPS) is 45.7. The van der Waals surface area contributed by atoms with Crippen LogP contribution in [0.1, 0.15) is 83.6 Å². The first-order chi connectivity index (χ1) is 14.4. The second-order valence-corrected chi connectivity index (χ2v) is 11.5. The van der Waals surface area contributed by atoms with Gasteiger partial charge in [0.2, 0.25) is 0 Å². The van der Waals surface area contributed by atoms with Gasteiger partial charge in [-0.1, -0.05) is 38.8 Å². The van der Waals surface area contributed by atoms with E-state index in [4.69, 9.17) is 0 Å². The highest BCUT2D eigenvalue weighted by Gasteiger charge is 2.64. The zero-order valence-corrected chi connectivity index (χ0v) is 18.8. The predicted octanol–water partition coefficient (Wildman–Crippen LogP) is 5.98. The molecule has 2 N–H and O–H groups in total. The molecule has 4 saturated carbocycles. The van der Waals surface area contributed by atoms with E-state index >= 15 is 0 Å². The SMILES string of the molecule is C[C@]12CCCC[C@H]1CC[C@@H]1[C@H]3CC[C@](O)(CN=Cc4ccccc4O)[C@@]3(C)CC[C@@H]12. The Labute approximate surface area is 182 Å². The Hall–Kier alpha value is -1.35. The van der Waals surface area contributed by atoms with Crippen molar-refractivity contribution in [1.29, 1.82) is 0 Å². The van der Waals surface area contributed by atoms with Crippen LogP contribution in [0, 0.1) is 34.5 Å². The van der Waals surface area contributed by atoms with Gasteiger partial charge in [-0.25, -0.2) is 0 Å². The summed E-state index contributed by atoms with van der Waals surface area (Å²) < 4.78 is 0. The molecule has 164 valence electrons. The van der Waals surface area contributed by atoms with Crippen molar-refractivity contribution >= 4 is 6.21 Å². The fourth-order valence-corrected chi connectivity index (χ4v) is 8.56. The predicted molar refractivity (Wildman–Crippen MR) is 122 cm³/mol. The van der Waals surface area contributed by atoms with Crippen LogP contribution in [0.25, 0.3) is 0 Å². The van der Waals surface area contributed by atoms with Gasteiger partial charge in [-0.2, -0.15) is 0 Å². The largest absolute Gasteiger partial charge is 0.507 e. The molecule has 7 atom stereocenters. The molecule has 4 fully saturated rings. The number of phenols is 1. The number of hydrogen-bond acceptors (Lipinski definition) is 3. The van der Waals surface area contributed by atoms with Crippen LogP contribution in [0.3, 0.4) is 0 Å². The summed E-state index contributed by atoms with van der Waals surface area (Å²) in [5.41, 5.74) is 0.537. The second kappa shape index (κ2) is 7.36. The summed E-state index contributed by atoms with van der Waals surface area (Å²) in [6.07, 6.45) is 14.7. The molecule has 0 saturated heterocycles. The summed E-state index contributed by atoms with van der Waals surface area (Å²) in [4.78, 5) is 4.64. The molecule has 0 spiro atoms. The maximum absolute atomic E-state index is 11.8. The molecule has 0 unspecified atom stereocenters. The molecule has 0 amide bonds. The lowest BCUT2D eigenvalue weighted by atomic mass is 9.44. The van der Waals surface area contributed by atoms with Gasteiger partial charge in [-0.15, -0.1) is 0 Å². The summed E-state index contributed by atoms with van der Waals surface area (Å²) >= 11 is 0. The van der Waals surface area contributed by atoms with Gasteiger partial charge < -0.3 is 10.2 Å². The van der Waals surface area contributed by atoms with E-state index in [0.29, 0.717) is 17.9 Å². The van der Waals surface area contributed by atoms with Crippen LogP contribution in [-0.4, -0.2) is 28.6 Å². The van der Waals surface area contributed by atoms with Gasteiger partial charge in [-0.3, -0.25) is 4.99 Å². The monoisotopic (exact) mass is 409 g/mol. The summed E-state index contributed by atoms with van der Waals surface area (Å²) in [5.74, 6) is 3.49. The van der Waals surface area contributed by atoms with Gasteiger partial charge in [0.05, 0.1) is 12.1 Å². The minimum Gasteiger partial charge on any atom is -0.507 e. The van der Waals surface area contributed by atoms with Crippen LogP contribution >= 0.6 is 0 Å². The summed E-state index contributed by atoms with van der Waals surface area (Å²) in [7, 11) is 0. The third-order valence-electron chi connectivity index (χ3n) is 10.4. The van der Waals surface area contributed by atoms with Crippen molar-refractivity contribution < 1.29 is 10.2 Å².